The van der Waals surface area contributed by atoms with Gasteiger partial charge in [-0.15, -0.1) is 11.3 Å². The molecular weight excluding hydrogens is 286 g/mol. The second-order valence-electron chi connectivity index (χ2n) is 5.34. The predicted molar refractivity (Wildman–Crippen MR) is 83.4 cm³/mol. The zero-order valence-corrected chi connectivity index (χ0v) is 13.1. The third-order valence-corrected chi connectivity index (χ3v) is 4.74. The molecule has 1 N–H and O–H groups in total. The van der Waals surface area contributed by atoms with Gasteiger partial charge in [-0.05, 0) is 18.4 Å². The van der Waals surface area contributed by atoms with E-state index in [4.69, 9.17) is 9.52 Å². The maximum absolute atomic E-state index is 8.97. The van der Waals surface area contributed by atoms with E-state index in [0.717, 1.165) is 61.5 Å². The molecule has 1 aliphatic heterocycles. The van der Waals surface area contributed by atoms with Crippen LogP contribution in [0.3, 0.4) is 0 Å². The average Bonchev–Trinajstić information content (AvgIpc) is 3.12. The van der Waals surface area contributed by atoms with E-state index >= 15 is 0 Å². The van der Waals surface area contributed by atoms with Crippen LogP contribution in [0, 0.1) is 6.92 Å². The first-order valence-electron chi connectivity index (χ1n) is 7.32. The van der Waals surface area contributed by atoms with E-state index in [1.165, 1.54) is 0 Å². The van der Waals surface area contributed by atoms with Crippen molar-refractivity contribution in [3.05, 3.63) is 29.0 Å². The number of aliphatic hydroxyl groups is 1. The Morgan fingerprint density at radius 3 is 2.71 bits per heavy atom. The maximum atomic E-state index is 8.97. The Morgan fingerprint density at radius 1 is 1.29 bits per heavy atom. The van der Waals surface area contributed by atoms with E-state index in [1.807, 2.05) is 24.4 Å². The molecule has 0 bridgehead atoms. The number of β-amino-alcohol motifs (C(OH)–C–C–N with tert-alkyl or cyclic N) is 1. The lowest BCUT2D eigenvalue weighted by molar-refractivity contribution is 0.107. The summed E-state index contributed by atoms with van der Waals surface area (Å²) in [5.74, 6) is 1.65. The number of thiophene rings is 1. The van der Waals surface area contributed by atoms with Gasteiger partial charge in [0.2, 0.25) is 5.89 Å². The molecule has 2 aromatic heterocycles. The summed E-state index contributed by atoms with van der Waals surface area (Å²) >= 11 is 1.65. The minimum absolute atomic E-state index is 0.243. The van der Waals surface area contributed by atoms with Crippen LogP contribution in [-0.2, 0) is 6.54 Å². The Balaban J connectivity index is 1.61. The van der Waals surface area contributed by atoms with Gasteiger partial charge in [-0.25, -0.2) is 4.98 Å². The summed E-state index contributed by atoms with van der Waals surface area (Å²) < 4.78 is 5.79. The highest BCUT2D eigenvalue weighted by Crippen LogP contribution is 2.26. The van der Waals surface area contributed by atoms with Gasteiger partial charge in [0.05, 0.1) is 17.2 Å². The van der Waals surface area contributed by atoms with Crippen LogP contribution in [0.4, 0.5) is 0 Å². The van der Waals surface area contributed by atoms with Crippen molar-refractivity contribution in [2.75, 3.05) is 39.3 Å². The molecule has 0 saturated carbocycles. The predicted octanol–water partition coefficient (Wildman–Crippen LogP) is 1.82. The van der Waals surface area contributed by atoms with Crippen LogP contribution in [-0.4, -0.2) is 59.2 Å². The number of aliphatic hydroxyl groups excluding tert-OH is 1. The van der Waals surface area contributed by atoms with Crippen LogP contribution < -0.4 is 0 Å². The van der Waals surface area contributed by atoms with Gasteiger partial charge in [0.25, 0.3) is 0 Å². The van der Waals surface area contributed by atoms with Gasteiger partial charge in [0, 0.05) is 39.3 Å². The normalized spacial score (nSPS) is 17.4. The Morgan fingerprint density at radius 2 is 2.05 bits per heavy atom. The minimum Gasteiger partial charge on any atom is -0.440 e. The van der Waals surface area contributed by atoms with E-state index in [9.17, 15) is 0 Å². The number of piperazine rings is 1. The monoisotopic (exact) mass is 307 g/mol. The van der Waals surface area contributed by atoms with Crippen LogP contribution in [0.25, 0.3) is 10.8 Å². The fourth-order valence-corrected chi connectivity index (χ4v) is 3.25. The van der Waals surface area contributed by atoms with Crippen molar-refractivity contribution in [1.29, 1.82) is 0 Å². The number of hydrogen-bond acceptors (Lipinski definition) is 6. The molecule has 1 fully saturated rings. The smallest absolute Gasteiger partial charge is 0.236 e. The second-order valence-corrected chi connectivity index (χ2v) is 6.29. The largest absolute Gasteiger partial charge is 0.440 e. The maximum Gasteiger partial charge on any atom is 0.236 e. The quantitative estimate of drug-likeness (QED) is 0.913. The molecule has 3 rings (SSSR count). The van der Waals surface area contributed by atoms with E-state index in [-0.39, 0.29) is 6.61 Å². The molecule has 6 heteroatoms. The molecule has 0 amide bonds. The fraction of sp³-hybridized carbons (Fsp3) is 0.533. The van der Waals surface area contributed by atoms with Crippen molar-refractivity contribution in [2.24, 2.45) is 0 Å². The summed E-state index contributed by atoms with van der Waals surface area (Å²) in [6.45, 7) is 7.90. The summed E-state index contributed by atoms with van der Waals surface area (Å²) in [4.78, 5) is 10.4. The lowest BCUT2D eigenvalue weighted by Gasteiger charge is -2.33. The number of rotatable bonds is 5. The number of oxazole rings is 1. The number of aromatic nitrogens is 1. The van der Waals surface area contributed by atoms with Gasteiger partial charge >= 0.3 is 0 Å². The van der Waals surface area contributed by atoms with E-state index < -0.39 is 0 Å². The first-order chi connectivity index (χ1) is 10.3. The topological polar surface area (TPSA) is 52.7 Å². The van der Waals surface area contributed by atoms with Crippen molar-refractivity contribution in [3.8, 4) is 10.8 Å². The van der Waals surface area contributed by atoms with Crippen LogP contribution in [0.2, 0.25) is 0 Å². The highest BCUT2D eigenvalue weighted by atomic mass is 32.1. The van der Waals surface area contributed by atoms with E-state index in [1.54, 1.807) is 11.3 Å². The molecule has 0 aliphatic carbocycles. The van der Waals surface area contributed by atoms with Crippen molar-refractivity contribution in [2.45, 2.75) is 13.5 Å². The van der Waals surface area contributed by atoms with Gasteiger partial charge in [-0.3, -0.25) is 9.80 Å². The molecule has 0 aromatic carbocycles. The Kier molecular flexibility index (Phi) is 4.70. The summed E-state index contributed by atoms with van der Waals surface area (Å²) in [6, 6.07) is 4.05. The molecule has 1 saturated heterocycles. The molecule has 114 valence electrons. The molecule has 1 aliphatic rings. The van der Waals surface area contributed by atoms with E-state index in [0.29, 0.717) is 0 Å². The minimum atomic E-state index is 0.243. The zero-order chi connectivity index (χ0) is 14.7. The van der Waals surface area contributed by atoms with Gasteiger partial charge in [-0.2, -0.15) is 0 Å². The summed E-state index contributed by atoms with van der Waals surface area (Å²) in [6.07, 6.45) is 0. The number of aryl methyl sites for hydroxylation is 1. The SMILES string of the molecule is Cc1oc(-c2cccs2)nc1CN1CCN(CCO)CC1. The van der Waals surface area contributed by atoms with Gasteiger partial charge in [-0.1, -0.05) is 6.07 Å². The molecule has 3 heterocycles. The highest BCUT2D eigenvalue weighted by molar-refractivity contribution is 7.13. The number of hydrogen-bond donors (Lipinski definition) is 1. The van der Waals surface area contributed by atoms with E-state index in [2.05, 4.69) is 14.8 Å². The van der Waals surface area contributed by atoms with Crippen molar-refractivity contribution in [1.82, 2.24) is 14.8 Å². The van der Waals surface area contributed by atoms with Crippen molar-refractivity contribution < 1.29 is 9.52 Å². The van der Waals surface area contributed by atoms with Crippen molar-refractivity contribution >= 4 is 11.3 Å². The van der Waals surface area contributed by atoms with Gasteiger partial charge in [0.15, 0.2) is 0 Å². The Labute approximate surface area is 128 Å². The molecule has 0 radical (unpaired) electrons. The summed E-state index contributed by atoms with van der Waals surface area (Å²) in [7, 11) is 0. The number of nitrogens with zero attached hydrogens (tertiary/aromatic N) is 3. The van der Waals surface area contributed by atoms with Crippen LogP contribution in [0.5, 0.6) is 0 Å². The fourth-order valence-electron chi connectivity index (χ4n) is 2.60. The average molecular weight is 307 g/mol. The first kappa shape index (κ1) is 14.7. The van der Waals surface area contributed by atoms with Gasteiger partial charge < -0.3 is 9.52 Å². The lowest BCUT2D eigenvalue weighted by Crippen LogP contribution is -2.46. The highest BCUT2D eigenvalue weighted by Gasteiger charge is 2.19. The van der Waals surface area contributed by atoms with Crippen LogP contribution in [0.15, 0.2) is 21.9 Å². The Hall–Kier alpha value is -1.21. The standard InChI is InChI=1S/C15H21N3O2S/c1-12-13(16-15(20-12)14-3-2-10-21-14)11-18-6-4-17(5-7-18)8-9-19/h2-3,10,19H,4-9,11H2,1H3. The molecule has 0 atom stereocenters. The first-order valence-corrected chi connectivity index (χ1v) is 8.20. The Bertz CT molecular complexity index is 559. The molecule has 5 nitrogen and oxygen atoms in total. The lowest BCUT2D eigenvalue weighted by atomic mass is 10.2. The molecule has 0 spiro atoms. The van der Waals surface area contributed by atoms with Crippen molar-refractivity contribution in [3.63, 3.8) is 0 Å². The zero-order valence-electron chi connectivity index (χ0n) is 12.3. The summed E-state index contributed by atoms with van der Waals surface area (Å²) in [5.41, 5.74) is 1.04. The van der Waals surface area contributed by atoms with Crippen LogP contribution in [0.1, 0.15) is 11.5 Å². The summed E-state index contributed by atoms with van der Waals surface area (Å²) in [5, 5.41) is 11.0. The molecule has 0 unspecified atom stereocenters. The third-order valence-electron chi connectivity index (χ3n) is 3.88. The third kappa shape index (κ3) is 3.52. The molecule has 21 heavy (non-hydrogen) atoms. The second kappa shape index (κ2) is 6.70. The van der Waals surface area contributed by atoms with Gasteiger partial charge in [0.1, 0.15) is 5.76 Å². The molecular formula is C15H21N3O2S. The van der Waals surface area contributed by atoms with Crippen LogP contribution >= 0.6 is 11.3 Å². The molecule has 2 aromatic rings.